The SMILES string of the molecule is O=C1CC(C(=O)OCc2ccc(-n3cccn3)cc2)c2ccccc2N1. The fourth-order valence-corrected chi connectivity index (χ4v) is 3.04. The van der Waals surface area contributed by atoms with Crippen LogP contribution in [0.4, 0.5) is 5.69 Å². The topological polar surface area (TPSA) is 73.2 Å². The van der Waals surface area contributed by atoms with Crippen molar-refractivity contribution < 1.29 is 14.3 Å². The number of hydrogen-bond donors (Lipinski definition) is 1. The van der Waals surface area contributed by atoms with Gasteiger partial charge in [0.05, 0.1) is 11.6 Å². The zero-order chi connectivity index (χ0) is 17.9. The second-order valence-electron chi connectivity index (χ2n) is 6.12. The van der Waals surface area contributed by atoms with Gasteiger partial charge >= 0.3 is 5.97 Å². The molecule has 2 heterocycles. The Morgan fingerprint density at radius 1 is 1.15 bits per heavy atom. The van der Waals surface area contributed by atoms with Crippen LogP contribution in [-0.2, 0) is 20.9 Å². The summed E-state index contributed by atoms with van der Waals surface area (Å²) in [6.45, 7) is 0.165. The van der Waals surface area contributed by atoms with Gasteiger partial charge in [-0.05, 0) is 35.4 Å². The molecule has 3 aromatic rings. The molecule has 0 radical (unpaired) electrons. The summed E-state index contributed by atoms with van der Waals surface area (Å²) < 4.78 is 7.22. The van der Waals surface area contributed by atoms with Gasteiger partial charge in [0, 0.05) is 24.5 Å². The van der Waals surface area contributed by atoms with E-state index in [4.69, 9.17) is 4.74 Å². The Hall–Kier alpha value is -3.41. The van der Waals surface area contributed by atoms with Crippen molar-refractivity contribution in [1.29, 1.82) is 0 Å². The Labute approximate surface area is 150 Å². The zero-order valence-electron chi connectivity index (χ0n) is 14.0. The van der Waals surface area contributed by atoms with Crippen LogP contribution in [-0.4, -0.2) is 21.7 Å². The second kappa shape index (κ2) is 6.84. The molecule has 1 aromatic heterocycles. The summed E-state index contributed by atoms with van der Waals surface area (Å²) >= 11 is 0. The number of aromatic nitrogens is 2. The first kappa shape index (κ1) is 16.1. The molecular formula is C20H17N3O3. The third-order valence-electron chi connectivity index (χ3n) is 4.37. The quantitative estimate of drug-likeness (QED) is 0.736. The second-order valence-corrected chi connectivity index (χ2v) is 6.12. The van der Waals surface area contributed by atoms with E-state index < -0.39 is 5.92 Å². The van der Waals surface area contributed by atoms with Gasteiger partial charge in [0.2, 0.25) is 5.91 Å². The van der Waals surface area contributed by atoms with E-state index in [0.717, 1.165) is 16.8 Å². The lowest BCUT2D eigenvalue weighted by Gasteiger charge is -2.24. The molecule has 130 valence electrons. The maximum absolute atomic E-state index is 12.5. The van der Waals surface area contributed by atoms with Gasteiger partial charge in [-0.1, -0.05) is 30.3 Å². The molecule has 0 bridgehead atoms. The van der Waals surface area contributed by atoms with Crippen LogP contribution in [0.3, 0.4) is 0 Å². The molecule has 0 saturated carbocycles. The number of hydrogen-bond acceptors (Lipinski definition) is 4. The number of fused-ring (bicyclic) bond motifs is 1. The Kier molecular flexibility index (Phi) is 4.23. The summed E-state index contributed by atoms with van der Waals surface area (Å²) in [4.78, 5) is 24.4. The van der Waals surface area contributed by atoms with Gasteiger partial charge in [-0.2, -0.15) is 5.10 Å². The van der Waals surface area contributed by atoms with Gasteiger partial charge in [0.25, 0.3) is 0 Å². The summed E-state index contributed by atoms with van der Waals surface area (Å²) in [5, 5.41) is 6.96. The van der Waals surface area contributed by atoms with E-state index in [-0.39, 0.29) is 24.9 Å². The Morgan fingerprint density at radius 2 is 1.96 bits per heavy atom. The number of ether oxygens (including phenoxy) is 1. The molecule has 0 spiro atoms. The molecule has 0 saturated heterocycles. The summed E-state index contributed by atoms with van der Waals surface area (Å²) in [5.74, 6) is -1.12. The predicted octanol–water partition coefficient (Wildman–Crippen LogP) is 3.04. The van der Waals surface area contributed by atoms with Crippen molar-refractivity contribution >= 4 is 17.6 Å². The van der Waals surface area contributed by atoms with Crippen molar-refractivity contribution in [2.24, 2.45) is 0 Å². The number of carbonyl (C=O) groups excluding carboxylic acids is 2. The third kappa shape index (κ3) is 3.21. The van der Waals surface area contributed by atoms with E-state index in [1.807, 2.05) is 54.7 Å². The van der Waals surface area contributed by atoms with E-state index in [9.17, 15) is 9.59 Å². The van der Waals surface area contributed by atoms with Gasteiger partial charge in [0.15, 0.2) is 0 Å². The summed E-state index contributed by atoms with van der Waals surface area (Å²) in [5.41, 5.74) is 3.28. The van der Waals surface area contributed by atoms with Crippen molar-refractivity contribution in [3.63, 3.8) is 0 Å². The van der Waals surface area contributed by atoms with Crippen molar-refractivity contribution in [1.82, 2.24) is 9.78 Å². The number of anilines is 1. The molecule has 1 unspecified atom stereocenters. The van der Waals surface area contributed by atoms with E-state index in [2.05, 4.69) is 10.4 Å². The number of esters is 1. The molecule has 2 aromatic carbocycles. The lowest BCUT2D eigenvalue weighted by atomic mass is 9.91. The minimum Gasteiger partial charge on any atom is -0.460 e. The van der Waals surface area contributed by atoms with Gasteiger partial charge in [0.1, 0.15) is 6.61 Å². The van der Waals surface area contributed by atoms with E-state index in [0.29, 0.717) is 5.69 Å². The molecule has 6 heteroatoms. The van der Waals surface area contributed by atoms with Crippen LogP contribution < -0.4 is 5.32 Å². The first-order chi connectivity index (χ1) is 12.7. The maximum atomic E-state index is 12.5. The number of carbonyl (C=O) groups is 2. The molecule has 6 nitrogen and oxygen atoms in total. The zero-order valence-corrected chi connectivity index (χ0v) is 14.0. The van der Waals surface area contributed by atoms with Crippen LogP contribution in [0.5, 0.6) is 0 Å². The standard InChI is InChI=1S/C20H17N3O3/c24-19-12-17(16-4-1-2-5-18(16)22-19)20(25)26-13-14-6-8-15(9-7-14)23-11-3-10-21-23/h1-11,17H,12-13H2,(H,22,24). The van der Waals surface area contributed by atoms with Gasteiger partial charge in [-0.3, -0.25) is 9.59 Å². The number of nitrogens with zero attached hydrogens (tertiary/aromatic N) is 2. The van der Waals surface area contributed by atoms with Crippen molar-refractivity contribution in [3.05, 3.63) is 78.1 Å². The van der Waals surface area contributed by atoms with Crippen LogP contribution in [0.2, 0.25) is 0 Å². The molecule has 4 rings (SSSR count). The molecule has 1 amide bonds. The highest BCUT2D eigenvalue weighted by molar-refractivity contribution is 5.99. The molecule has 0 aliphatic carbocycles. The van der Waals surface area contributed by atoms with Crippen LogP contribution >= 0.6 is 0 Å². The third-order valence-corrected chi connectivity index (χ3v) is 4.37. The predicted molar refractivity (Wildman–Crippen MR) is 95.8 cm³/mol. The van der Waals surface area contributed by atoms with E-state index in [1.54, 1.807) is 16.9 Å². The highest BCUT2D eigenvalue weighted by Gasteiger charge is 2.31. The number of benzene rings is 2. The van der Waals surface area contributed by atoms with Crippen LogP contribution in [0.15, 0.2) is 67.0 Å². The van der Waals surface area contributed by atoms with Crippen molar-refractivity contribution in [2.75, 3.05) is 5.32 Å². The normalized spacial score (nSPS) is 15.8. The molecule has 1 aliphatic rings. The number of rotatable bonds is 4. The molecule has 26 heavy (non-hydrogen) atoms. The maximum Gasteiger partial charge on any atom is 0.314 e. The summed E-state index contributed by atoms with van der Waals surface area (Å²) in [7, 11) is 0. The first-order valence-electron chi connectivity index (χ1n) is 8.35. The highest BCUT2D eigenvalue weighted by Crippen LogP contribution is 2.33. The van der Waals surface area contributed by atoms with Crippen molar-refractivity contribution in [2.45, 2.75) is 18.9 Å². The number of amides is 1. The average Bonchev–Trinajstić information content (AvgIpc) is 3.20. The number of nitrogens with one attached hydrogen (secondary N) is 1. The minimum atomic E-state index is -0.566. The van der Waals surface area contributed by atoms with Gasteiger partial charge in [-0.25, -0.2) is 4.68 Å². The Balaban J connectivity index is 1.43. The average molecular weight is 347 g/mol. The number of para-hydroxylation sites is 1. The molecule has 0 fully saturated rings. The molecule has 1 atom stereocenters. The Morgan fingerprint density at radius 3 is 2.73 bits per heavy atom. The van der Waals surface area contributed by atoms with Crippen LogP contribution in [0.25, 0.3) is 5.69 Å². The lowest BCUT2D eigenvalue weighted by Crippen LogP contribution is -2.28. The fraction of sp³-hybridized carbons (Fsp3) is 0.150. The van der Waals surface area contributed by atoms with Crippen LogP contribution in [0, 0.1) is 0 Å². The summed E-state index contributed by atoms with van der Waals surface area (Å²) in [6, 6.07) is 16.8. The van der Waals surface area contributed by atoms with E-state index in [1.165, 1.54) is 0 Å². The highest BCUT2D eigenvalue weighted by atomic mass is 16.5. The van der Waals surface area contributed by atoms with E-state index >= 15 is 0 Å². The van der Waals surface area contributed by atoms with Gasteiger partial charge in [-0.15, -0.1) is 0 Å². The minimum absolute atomic E-state index is 0.105. The molecular weight excluding hydrogens is 330 g/mol. The van der Waals surface area contributed by atoms with Crippen LogP contribution in [0.1, 0.15) is 23.5 Å². The largest absolute Gasteiger partial charge is 0.460 e. The smallest absolute Gasteiger partial charge is 0.314 e. The summed E-state index contributed by atoms with van der Waals surface area (Å²) in [6.07, 6.45) is 3.68. The van der Waals surface area contributed by atoms with Gasteiger partial charge < -0.3 is 10.1 Å². The molecule has 1 N–H and O–H groups in total. The lowest BCUT2D eigenvalue weighted by molar-refractivity contribution is -0.148. The first-order valence-corrected chi connectivity index (χ1v) is 8.35. The van der Waals surface area contributed by atoms with Crippen molar-refractivity contribution in [3.8, 4) is 5.69 Å². The Bertz CT molecular complexity index is 933. The monoisotopic (exact) mass is 347 g/mol. The molecule has 1 aliphatic heterocycles. The fourth-order valence-electron chi connectivity index (χ4n) is 3.04.